The van der Waals surface area contributed by atoms with Crippen molar-refractivity contribution >= 4 is 11.6 Å². The molecule has 0 spiro atoms. The fourth-order valence-corrected chi connectivity index (χ4v) is 2.95. The van der Waals surface area contributed by atoms with Gasteiger partial charge in [0.05, 0.1) is 5.69 Å². The minimum absolute atomic E-state index is 0.0221. The minimum Gasteiger partial charge on any atom is -0.307 e. The molecule has 2 nitrogen and oxygen atoms in total. The number of benzene rings is 1. The van der Waals surface area contributed by atoms with E-state index in [1.54, 1.807) is 17.0 Å². The summed E-state index contributed by atoms with van der Waals surface area (Å²) in [5, 5.41) is 0. The average Bonchev–Trinajstić information content (AvgIpc) is 2.41. The molecule has 0 aliphatic rings. The van der Waals surface area contributed by atoms with Gasteiger partial charge in [-0.15, -0.1) is 0 Å². The Kier molecular flexibility index (Phi) is 7.24. The van der Waals surface area contributed by atoms with Gasteiger partial charge >= 0.3 is 0 Å². The molecule has 0 aliphatic carbocycles. The SMILES string of the molecule is CCCC(CCC)N(C(=O)CC(C)(C)C)c1cc(C)ccc1F. The van der Waals surface area contributed by atoms with Gasteiger partial charge in [-0.1, -0.05) is 53.5 Å². The maximum atomic E-state index is 14.5. The van der Waals surface area contributed by atoms with Gasteiger partial charge in [0.25, 0.3) is 0 Å². The zero-order valence-corrected chi connectivity index (χ0v) is 15.6. The number of halogens is 1. The number of nitrogens with zero attached hydrogens (tertiary/aromatic N) is 1. The van der Waals surface area contributed by atoms with Gasteiger partial charge in [0.1, 0.15) is 5.82 Å². The predicted molar refractivity (Wildman–Crippen MR) is 96.3 cm³/mol. The smallest absolute Gasteiger partial charge is 0.227 e. The summed E-state index contributed by atoms with van der Waals surface area (Å²) >= 11 is 0. The summed E-state index contributed by atoms with van der Waals surface area (Å²) in [6.45, 7) is 12.3. The second kappa shape index (κ2) is 8.47. The van der Waals surface area contributed by atoms with Crippen LogP contribution in [0.4, 0.5) is 10.1 Å². The van der Waals surface area contributed by atoms with Gasteiger partial charge in [0.2, 0.25) is 5.91 Å². The quantitative estimate of drug-likeness (QED) is 0.615. The van der Waals surface area contributed by atoms with E-state index < -0.39 is 0 Å². The number of anilines is 1. The number of carbonyl (C=O) groups is 1. The van der Waals surface area contributed by atoms with E-state index in [4.69, 9.17) is 0 Å². The summed E-state index contributed by atoms with van der Waals surface area (Å²) in [6, 6.07) is 5.08. The van der Waals surface area contributed by atoms with Crippen LogP contribution in [-0.2, 0) is 4.79 Å². The summed E-state index contributed by atoms with van der Waals surface area (Å²) in [7, 11) is 0. The Bertz CT molecular complexity index is 513. The van der Waals surface area contributed by atoms with Crippen LogP contribution in [0.2, 0.25) is 0 Å². The molecular formula is C20H32FNO. The fraction of sp³-hybridized carbons (Fsp3) is 0.650. The molecule has 0 unspecified atom stereocenters. The maximum Gasteiger partial charge on any atom is 0.227 e. The molecular weight excluding hydrogens is 289 g/mol. The third-order valence-electron chi connectivity index (χ3n) is 3.92. The first-order valence-corrected chi connectivity index (χ1v) is 8.77. The van der Waals surface area contributed by atoms with Crippen LogP contribution < -0.4 is 4.90 Å². The van der Waals surface area contributed by atoms with Crippen LogP contribution in [0.3, 0.4) is 0 Å². The van der Waals surface area contributed by atoms with Crippen LogP contribution in [0.5, 0.6) is 0 Å². The van der Waals surface area contributed by atoms with Crippen LogP contribution >= 0.6 is 0 Å². The van der Waals surface area contributed by atoms with Gasteiger partial charge in [0.15, 0.2) is 0 Å². The second-order valence-corrected chi connectivity index (χ2v) is 7.69. The zero-order valence-electron chi connectivity index (χ0n) is 15.6. The standard InChI is InChI=1S/C20H32FNO/c1-7-9-16(10-8-2)22(19(23)14-20(4,5)6)18-13-15(3)11-12-17(18)21/h11-13,16H,7-10,14H2,1-6H3. The van der Waals surface area contributed by atoms with Gasteiger partial charge in [-0.05, 0) is 42.9 Å². The van der Waals surface area contributed by atoms with Crippen LogP contribution in [0, 0.1) is 18.2 Å². The number of hydrogen-bond acceptors (Lipinski definition) is 1. The molecule has 0 aliphatic heterocycles. The van der Waals surface area contributed by atoms with E-state index in [-0.39, 0.29) is 23.2 Å². The lowest BCUT2D eigenvalue weighted by Gasteiger charge is -2.34. The highest BCUT2D eigenvalue weighted by Gasteiger charge is 2.29. The Morgan fingerprint density at radius 1 is 1.17 bits per heavy atom. The summed E-state index contributed by atoms with van der Waals surface area (Å²) in [4.78, 5) is 14.7. The maximum absolute atomic E-state index is 14.5. The Morgan fingerprint density at radius 2 is 1.74 bits per heavy atom. The molecule has 0 N–H and O–H groups in total. The van der Waals surface area contributed by atoms with E-state index in [0.29, 0.717) is 12.1 Å². The largest absolute Gasteiger partial charge is 0.307 e. The van der Waals surface area contributed by atoms with Gasteiger partial charge < -0.3 is 4.90 Å². The molecule has 1 aromatic rings. The van der Waals surface area contributed by atoms with Crippen LogP contribution in [0.15, 0.2) is 18.2 Å². The Labute approximate surface area is 141 Å². The molecule has 0 saturated carbocycles. The first-order chi connectivity index (χ1) is 10.7. The van der Waals surface area contributed by atoms with Crippen molar-refractivity contribution in [2.45, 2.75) is 79.7 Å². The van der Waals surface area contributed by atoms with Crippen molar-refractivity contribution < 1.29 is 9.18 Å². The second-order valence-electron chi connectivity index (χ2n) is 7.69. The molecule has 23 heavy (non-hydrogen) atoms. The number of carbonyl (C=O) groups excluding carboxylic acids is 1. The van der Waals surface area contributed by atoms with Crippen LogP contribution in [-0.4, -0.2) is 11.9 Å². The van der Waals surface area contributed by atoms with E-state index in [1.807, 2.05) is 27.7 Å². The Hall–Kier alpha value is -1.38. The number of hydrogen-bond donors (Lipinski definition) is 0. The zero-order chi connectivity index (χ0) is 17.6. The Morgan fingerprint density at radius 3 is 2.22 bits per heavy atom. The van der Waals surface area contributed by atoms with E-state index >= 15 is 0 Å². The van der Waals surface area contributed by atoms with E-state index in [1.165, 1.54) is 6.07 Å². The first-order valence-electron chi connectivity index (χ1n) is 8.77. The van der Waals surface area contributed by atoms with E-state index in [0.717, 1.165) is 31.2 Å². The molecule has 1 rings (SSSR count). The van der Waals surface area contributed by atoms with Crippen molar-refractivity contribution in [3.63, 3.8) is 0 Å². The van der Waals surface area contributed by atoms with Crippen molar-refractivity contribution in [2.24, 2.45) is 5.41 Å². The summed E-state index contributed by atoms with van der Waals surface area (Å²) in [6.07, 6.45) is 4.19. The lowest BCUT2D eigenvalue weighted by Crippen LogP contribution is -2.42. The lowest BCUT2D eigenvalue weighted by molar-refractivity contribution is -0.120. The van der Waals surface area contributed by atoms with Crippen molar-refractivity contribution in [1.82, 2.24) is 0 Å². The minimum atomic E-state index is -0.310. The molecule has 1 aromatic carbocycles. The van der Waals surface area contributed by atoms with E-state index in [2.05, 4.69) is 13.8 Å². The molecule has 3 heteroatoms. The van der Waals surface area contributed by atoms with Gasteiger partial charge in [-0.3, -0.25) is 4.79 Å². The molecule has 130 valence electrons. The van der Waals surface area contributed by atoms with Crippen LogP contribution in [0.1, 0.15) is 72.3 Å². The Balaban J connectivity index is 3.28. The third kappa shape index (κ3) is 5.96. The highest BCUT2D eigenvalue weighted by molar-refractivity contribution is 5.94. The molecule has 0 bridgehead atoms. The van der Waals surface area contributed by atoms with Gasteiger partial charge in [0, 0.05) is 12.5 Å². The molecule has 0 saturated heterocycles. The summed E-state index contributed by atoms with van der Waals surface area (Å²) in [5.41, 5.74) is 1.30. The number of aryl methyl sites for hydroxylation is 1. The molecule has 0 fully saturated rings. The number of rotatable bonds is 7. The molecule has 0 heterocycles. The molecule has 0 radical (unpaired) electrons. The first kappa shape index (κ1) is 19.7. The topological polar surface area (TPSA) is 20.3 Å². The van der Waals surface area contributed by atoms with Crippen molar-refractivity contribution in [3.05, 3.63) is 29.6 Å². The predicted octanol–water partition coefficient (Wildman–Crippen LogP) is 5.87. The lowest BCUT2D eigenvalue weighted by atomic mass is 9.90. The van der Waals surface area contributed by atoms with Crippen molar-refractivity contribution in [2.75, 3.05) is 4.90 Å². The monoisotopic (exact) mass is 321 g/mol. The fourth-order valence-electron chi connectivity index (χ4n) is 2.95. The third-order valence-corrected chi connectivity index (χ3v) is 3.92. The van der Waals surface area contributed by atoms with Crippen molar-refractivity contribution in [1.29, 1.82) is 0 Å². The van der Waals surface area contributed by atoms with Crippen molar-refractivity contribution in [3.8, 4) is 0 Å². The number of amides is 1. The van der Waals surface area contributed by atoms with Gasteiger partial charge in [-0.25, -0.2) is 4.39 Å². The average molecular weight is 321 g/mol. The van der Waals surface area contributed by atoms with E-state index in [9.17, 15) is 9.18 Å². The molecule has 1 amide bonds. The summed E-state index contributed by atoms with van der Waals surface area (Å²) in [5.74, 6) is -0.288. The summed E-state index contributed by atoms with van der Waals surface area (Å²) < 4.78 is 14.5. The normalized spacial score (nSPS) is 11.8. The highest BCUT2D eigenvalue weighted by atomic mass is 19.1. The highest BCUT2D eigenvalue weighted by Crippen LogP contribution is 2.30. The molecule has 0 aromatic heterocycles. The van der Waals surface area contributed by atoms with Gasteiger partial charge in [-0.2, -0.15) is 0 Å². The molecule has 0 atom stereocenters. The van der Waals surface area contributed by atoms with Crippen LogP contribution in [0.25, 0.3) is 0 Å².